The van der Waals surface area contributed by atoms with Gasteiger partial charge in [-0.15, -0.1) is 13.2 Å². The van der Waals surface area contributed by atoms with Gasteiger partial charge in [-0.3, -0.25) is 19.2 Å². The number of allylic oxidation sites excluding steroid dienone is 3. The van der Waals surface area contributed by atoms with E-state index in [0.29, 0.717) is 25.1 Å². The van der Waals surface area contributed by atoms with Crippen molar-refractivity contribution in [3.8, 4) is 0 Å². The number of rotatable bonds is 8. The Kier molecular flexibility index (Phi) is 7.38. The van der Waals surface area contributed by atoms with E-state index in [1.165, 1.54) is 14.0 Å². The summed E-state index contributed by atoms with van der Waals surface area (Å²) in [6, 6.07) is 0. The Labute approximate surface area is 222 Å². The lowest BCUT2D eigenvalue weighted by Gasteiger charge is -2.53. The van der Waals surface area contributed by atoms with Crippen LogP contribution in [-0.4, -0.2) is 72.0 Å². The summed E-state index contributed by atoms with van der Waals surface area (Å²) in [5.74, 6) is -3.49. The fourth-order valence-corrected chi connectivity index (χ4v) is 6.58. The molecule has 0 aromatic heterocycles. The molecular weight excluding hydrogens is 490 g/mol. The number of methoxy groups -OCH3 is 1. The molecule has 38 heavy (non-hydrogen) atoms. The molecular formula is C29H35NO8. The van der Waals surface area contributed by atoms with Crippen LogP contribution in [0.5, 0.6) is 0 Å². The molecule has 9 nitrogen and oxygen atoms in total. The zero-order chi connectivity index (χ0) is 28.0. The van der Waals surface area contributed by atoms with Crippen LogP contribution in [0.15, 0.2) is 59.6 Å². The zero-order valence-corrected chi connectivity index (χ0v) is 22.4. The van der Waals surface area contributed by atoms with Crippen molar-refractivity contribution in [2.45, 2.75) is 51.9 Å². The maximum absolute atomic E-state index is 13.9. The molecule has 0 aromatic carbocycles. The third-order valence-electron chi connectivity index (χ3n) is 8.38. The molecule has 2 saturated carbocycles. The number of aliphatic hydroxyl groups excluding tert-OH is 1. The second-order valence-corrected chi connectivity index (χ2v) is 10.6. The normalized spacial score (nSPS) is 33.6. The highest BCUT2D eigenvalue weighted by atomic mass is 16.7. The number of carbonyl (C=O) groups is 4. The van der Waals surface area contributed by atoms with Crippen LogP contribution in [0, 0.1) is 17.3 Å². The van der Waals surface area contributed by atoms with Crippen LogP contribution in [0.4, 0.5) is 0 Å². The Bertz CT molecular complexity index is 1200. The third-order valence-corrected chi connectivity index (χ3v) is 8.38. The molecule has 0 unspecified atom stereocenters. The monoisotopic (exact) mass is 525 g/mol. The fourth-order valence-electron chi connectivity index (χ4n) is 6.58. The number of fused-ring (bicyclic) bond motifs is 4. The number of ketones is 3. The van der Waals surface area contributed by atoms with E-state index in [4.69, 9.17) is 14.2 Å². The van der Waals surface area contributed by atoms with E-state index in [1.54, 1.807) is 30.2 Å². The van der Waals surface area contributed by atoms with Gasteiger partial charge in [0.1, 0.15) is 5.60 Å². The first kappa shape index (κ1) is 27.7. The van der Waals surface area contributed by atoms with E-state index >= 15 is 0 Å². The Balaban J connectivity index is 2.02. The van der Waals surface area contributed by atoms with E-state index in [9.17, 15) is 24.3 Å². The van der Waals surface area contributed by atoms with E-state index in [2.05, 4.69) is 13.2 Å². The number of hydrogen-bond acceptors (Lipinski definition) is 9. The average Bonchev–Trinajstić information content (AvgIpc) is 3.13. The van der Waals surface area contributed by atoms with Gasteiger partial charge >= 0.3 is 5.97 Å². The zero-order valence-electron chi connectivity index (χ0n) is 22.4. The maximum Gasteiger partial charge on any atom is 0.305 e. The largest absolute Gasteiger partial charge is 0.504 e. The smallest absolute Gasteiger partial charge is 0.305 e. The van der Waals surface area contributed by atoms with Gasteiger partial charge in [-0.25, -0.2) is 0 Å². The lowest BCUT2D eigenvalue weighted by molar-refractivity contribution is -0.212. The molecule has 0 bridgehead atoms. The van der Waals surface area contributed by atoms with Gasteiger partial charge in [-0.1, -0.05) is 19.1 Å². The lowest BCUT2D eigenvalue weighted by Crippen LogP contribution is -2.57. The molecule has 1 heterocycles. The number of carbonyl (C=O) groups excluding carboxylic acids is 4. The summed E-state index contributed by atoms with van der Waals surface area (Å²) in [5, 5.41) is 11.5. The minimum atomic E-state index is -1.38. The van der Waals surface area contributed by atoms with Crippen LogP contribution in [0.2, 0.25) is 0 Å². The van der Waals surface area contributed by atoms with Gasteiger partial charge in [0.25, 0.3) is 0 Å². The standard InChI is InChI=1S/C29H35NO8/c1-7-11-30(12-8-2)14-18-20(32)13-17(15-36-6)28(4)23(18)26(35)25(34)22-19-9-10-21(33)29(19,5)38-27(24(22)28)37-16(3)31/h7-8,14,17,19,27,35H,1-2,9-13,15H2,3-6H3/b18-14-/t17-,19+,27+,28-,29+/m1/s1. The van der Waals surface area contributed by atoms with E-state index < -0.39 is 46.7 Å². The molecule has 0 radical (unpaired) electrons. The molecule has 0 aromatic rings. The molecule has 0 spiro atoms. The Morgan fingerprint density at radius 3 is 2.45 bits per heavy atom. The molecule has 1 aliphatic heterocycles. The Morgan fingerprint density at radius 2 is 1.87 bits per heavy atom. The van der Waals surface area contributed by atoms with Crippen molar-refractivity contribution in [1.82, 2.24) is 4.90 Å². The van der Waals surface area contributed by atoms with E-state index in [1.807, 2.05) is 6.92 Å². The number of esters is 1. The first-order valence-electron chi connectivity index (χ1n) is 12.8. The van der Waals surface area contributed by atoms with E-state index in [0.717, 1.165) is 0 Å². The van der Waals surface area contributed by atoms with Crippen molar-refractivity contribution < 1.29 is 38.5 Å². The molecule has 204 valence electrons. The molecule has 4 rings (SSSR count). The van der Waals surface area contributed by atoms with Crippen molar-refractivity contribution in [1.29, 1.82) is 0 Å². The summed E-state index contributed by atoms with van der Waals surface area (Å²) < 4.78 is 17.4. The average molecular weight is 526 g/mol. The summed E-state index contributed by atoms with van der Waals surface area (Å²) in [6.07, 6.45) is 4.21. The molecule has 0 saturated heterocycles. The SMILES string of the molecule is C=CCN(/C=C1/C(=O)C[C@H](COC)[C@]2(C)C1=C(O)C(=O)C1=C2[C@@H](OC(C)=O)O[C@]2(C)C(=O)CC[C@@H]12)CC=C. The summed E-state index contributed by atoms with van der Waals surface area (Å²) in [4.78, 5) is 54.4. The van der Waals surface area contributed by atoms with Crippen molar-refractivity contribution in [3.05, 3.63) is 59.6 Å². The number of nitrogens with zero attached hydrogens (tertiary/aromatic N) is 1. The third kappa shape index (κ3) is 4.08. The van der Waals surface area contributed by atoms with Crippen molar-refractivity contribution >= 4 is 23.3 Å². The van der Waals surface area contributed by atoms with Gasteiger partial charge < -0.3 is 24.2 Å². The quantitative estimate of drug-likeness (QED) is 0.290. The lowest BCUT2D eigenvalue weighted by atomic mass is 9.53. The van der Waals surface area contributed by atoms with E-state index in [-0.39, 0.29) is 47.7 Å². The van der Waals surface area contributed by atoms with Crippen LogP contribution in [0.1, 0.15) is 40.0 Å². The molecule has 3 aliphatic carbocycles. The number of aliphatic hydroxyl groups is 1. The number of ether oxygens (including phenoxy) is 3. The summed E-state index contributed by atoms with van der Waals surface area (Å²) in [7, 11) is 1.51. The first-order chi connectivity index (χ1) is 17.9. The second-order valence-electron chi connectivity index (χ2n) is 10.6. The Hall–Kier alpha value is -3.30. The summed E-state index contributed by atoms with van der Waals surface area (Å²) in [5.41, 5.74) is -1.65. The van der Waals surface area contributed by atoms with Gasteiger partial charge in [-0.05, 0) is 13.3 Å². The molecule has 0 amide bonds. The molecule has 5 atom stereocenters. The number of Topliss-reactive ketones (excluding diaryl/α,β-unsaturated/α-hetero) is 3. The minimum absolute atomic E-state index is 0.0571. The molecule has 1 N–H and O–H groups in total. The van der Waals surface area contributed by atoms with Crippen LogP contribution in [-0.2, 0) is 33.4 Å². The van der Waals surface area contributed by atoms with Gasteiger partial charge in [0.2, 0.25) is 12.1 Å². The van der Waals surface area contributed by atoms with Crippen LogP contribution >= 0.6 is 0 Å². The highest BCUT2D eigenvalue weighted by Crippen LogP contribution is 2.61. The molecule has 2 fully saturated rings. The highest BCUT2D eigenvalue weighted by Gasteiger charge is 2.64. The number of hydrogen-bond donors (Lipinski definition) is 1. The van der Waals surface area contributed by atoms with Gasteiger partial charge in [0.05, 0.1) is 6.61 Å². The Morgan fingerprint density at radius 1 is 1.21 bits per heavy atom. The van der Waals surface area contributed by atoms with Crippen LogP contribution in [0.3, 0.4) is 0 Å². The van der Waals surface area contributed by atoms with Gasteiger partial charge in [-0.2, -0.15) is 0 Å². The van der Waals surface area contributed by atoms with Gasteiger partial charge in [0.15, 0.2) is 17.3 Å². The van der Waals surface area contributed by atoms with Crippen molar-refractivity contribution in [2.75, 3.05) is 26.8 Å². The van der Waals surface area contributed by atoms with Crippen molar-refractivity contribution in [3.63, 3.8) is 0 Å². The minimum Gasteiger partial charge on any atom is -0.504 e. The fraction of sp³-hybridized carbons (Fsp3) is 0.517. The van der Waals surface area contributed by atoms with Crippen LogP contribution in [0.25, 0.3) is 0 Å². The topological polar surface area (TPSA) is 119 Å². The predicted octanol–water partition coefficient (Wildman–Crippen LogP) is 3.13. The summed E-state index contributed by atoms with van der Waals surface area (Å²) >= 11 is 0. The predicted molar refractivity (Wildman–Crippen MR) is 138 cm³/mol. The van der Waals surface area contributed by atoms with Crippen LogP contribution < -0.4 is 0 Å². The van der Waals surface area contributed by atoms with Crippen molar-refractivity contribution in [2.24, 2.45) is 17.3 Å². The first-order valence-corrected chi connectivity index (χ1v) is 12.8. The molecule has 9 heteroatoms. The maximum atomic E-state index is 13.9. The highest BCUT2D eigenvalue weighted by molar-refractivity contribution is 6.15. The second kappa shape index (κ2) is 10.1. The van der Waals surface area contributed by atoms with Gasteiger partial charge in [0, 0.05) is 85.7 Å². The summed E-state index contributed by atoms with van der Waals surface area (Å²) in [6.45, 7) is 13.1. The molecule has 4 aliphatic rings.